The van der Waals surface area contributed by atoms with Crippen LogP contribution in [-0.2, 0) is 6.54 Å². The first-order chi connectivity index (χ1) is 15.1. The molecule has 4 rings (SSSR count). The quantitative estimate of drug-likeness (QED) is 0.428. The highest BCUT2D eigenvalue weighted by molar-refractivity contribution is 7.99. The lowest BCUT2D eigenvalue weighted by Gasteiger charge is -2.19. The predicted octanol–water partition coefficient (Wildman–Crippen LogP) is 4.72. The Hall–Kier alpha value is -3.26. The van der Waals surface area contributed by atoms with Crippen LogP contribution in [0.2, 0.25) is 0 Å². The second kappa shape index (κ2) is 9.26. The number of ether oxygens (including phenoxy) is 2. The maximum absolute atomic E-state index is 6.13. The highest BCUT2D eigenvalue weighted by Crippen LogP contribution is 2.38. The zero-order valence-electron chi connectivity index (χ0n) is 17.8. The Morgan fingerprint density at radius 1 is 1.06 bits per heavy atom. The lowest BCUT2D eigenvalue weighted by molar-refractivity contribution is 0.394. The fourth-order valence-electron chi connectivity index (χ4n) is 3.51. The van der Waals surface area contributed by atoms with Crippen LogP contribution in [0.4, 0.5) is 5.82 Å². The van der Waals surface area contributed by atoms with E-state index < -0.39 is 0 Å². The van der Waals surface area contributed by atoms with Crippen molar-refractivity contribution in [3.05, 3.63) is 60.4 Å². The summed E-state index contributed by atoms with van der Waals surface area (Å²) in [6.07, 6.45) is 2.75. The fraction of sp³-hybridized carbons (Fsp3) is 0.261. The van der Waals surface area contributed by atoms with Crippen LogP contribution < -0.4 is 15.2 Å². The molecule has 31 heavy (non-hydrogen) atoms. The number of aromatic nitrogens is 4. The molecule has 2 aromatic rings. The first-order valence-electron chi connectivity index (χ1n) is 10.1. The van der Waals surface area contributed by atoms with Crippen molar-refractivity contribution in [2.24, 2.45) is 0 Å². The zero-order chi connectivity index (χ0) is 21.8. The first kappa shape index (κ1) is 21.0. The van der Waals surface area contributed by atoms with Gasteiger partial charge in [0.2, 0.25) is 0 Å². The van der Waals surface area contributed by atoms with E-state index in [1.54, 1.807) is 20.5 Å². The van der Waals surface area contributed by atoms with Crippen LogP contribution in [0.1, 0.15) is 24.8 Å². The van der Waals surface area contributed by atoms with Crippen LogP contribution in [0.25, 0.3) is 11.5 Å². The lowest BCUT2D eigenvalue weighted by atomic mass is 9.96. The number of anilines is 1. The summed E-state index contributed by atoms with van der Waals surface area (Å²) in [7, 11) is 3.27. The van der Waals surface area contributed by atoms with Gasteiger partial charge in [0.25, 0.3) is 0 Å². The SMILES string of the molecule is CCC(Cn1cnc(N)c2nc(Sc3cc(OC)ccc3OC)nc1-2)c1ccccc1. The molecule has 0 saturated carbocycles. The van der Waals surface area contributed by atoms with Crippen LogP contribution in [0, 0.1) is 0 Å². The third kappa shape index (κ3) is 4.44. The minimum atomic E-state index is 0.339. The predicted molar refractivity (Wildman–Crippen MR) is 122 cm³/mol. The van der Waals surface area contributed by atoms with Crippen molar-refractivity contribution in [3.63, 3.8) is 0 Å². The molecule has 8 heteroatoms. The molecule has 7 nitrogen and oxygen atoms in total. The first-order valence-corrected chi connectivity index (χ1v) is 10.9. The number of hydrogen-bond donors (Lipinski definition) is 1. The average Bonchev–Trinajstić information content (AvgIpc) is 3.24. The van der Waals surface area contributed by atoms with Crippen molar-refractivity contribution < 1.29 is 9.47 Å². The van der Waals surface area contributed by atoms with Crippen molar-refractivity contribution in [2.75, 3.05) is 20.0 Å². The van der Waals surface area contributed by atoms with Gasteiger partial charge in [-0.15, -0.1) is 0 Å². The molecule has 0 radical (unpaired) electrons. The van der Waals surface area contributed by atoms with Crippen molar-refractivity contribution in [1.29, 1.82) is 0 Å². The van der Waals surface area contributed by atoms with E-state index >= 15 is 0 Å². The minimum Gasteiger partial charge on any atom is -0.497 e. The van der Waals surface area contributed by atoms with Gasteiger partial charge in [-0.25, -0.2) is 15.0 Å². The van der Waals surface area contributed by atoms with Gasteiger partial charge in [-0.3, -0.25) is 0 Å². The number of imidazole rings is 1. The molecule has 2 heterocycles. The molecule has 160 valence electrons. The monoisotopic (exact) mass is 435 g/mol. The number of nitrogens with two attached hydrogens (primary N) is 1. The zero-order valence-corrected chi connectivity index (χ0v) is 18.6. The molecular formula is C23H25N5O2S. The lowest BCUT2D eigenvalue weighted by Crippen LogP contribution is -2.13. The summed E-state index contributed by atoms with van der Waals surface area (Å²) in [5.41, 5.74) is 8.02. The summed E-state index contributed by atoms with van der Waals surface area (Å²) in [5, 5.41) is 0.586. The van der Waals surface area contributed by atoms with Crippen molar-refractivity contribution >= 4 is 17.6 Å². The summed E-state index contributed by atoms with van der Waals surface area (Å²) in [5.74, 6) is 2.91. The number of rotatable bonds is 8. The van der Waals surface area contributed by atoms with Crippen LogP contribution in [0.3, 0.4) is 0 Å². The maximum atomic E-state index is 6.13. The summed E-state index contributed by atoms with van der Waals surface area (Å²) in [6, 6.07) is 16.1. The fourth-order valence-corrected chi connectivity index (χ4v) is 4.40. The number of benzene rings is 2. The van der Waals surface area contributed by atoms with Gasteiger partial charge in [0, 0.05) is 12.5 Å². The number of fused-ring (bicyclic) bond motifs is 1. The molecule has 1 atom stereocenters. The highest BCUT2D eigenvalue weighted by Gasteiger charge is 2.22. The largest absolute Gasteiger partial charge is 0.497 e. The average molecular weight is 436 g/mol. The summed E-state index contributed by atoms with van der Waals surface area (Å²) in [6.45, 7) is 2.93. The van der Waals surface area contributed by atoms with Gasteiger partial charge in [-0.1, -0.05) is 37.3 Å². The topological polar surface area (TPSA) is 88.1 Å². The smallest absolute Gasteiger partial charge is 0.195 e. The van der Waals surface area contributed by atoms with Crippen molar-refractivity contribution in [1.82, 2.24) is 19.5 Å². The molecular weight excluding hydrogens is 410 g/mol. The molecule has 0 spiro atoms. The Bertz CT molecular complexity index is 1130. The minimum absolute atomic E-state index is 0.339. The highest BCUT2D eigenvalue weighted by atomic mass is 32.2. The number of methoxy groups -OCH3 is 2. The van der Waals surface area contributed by atoms with Crippen LogP contribution >= 0.6 is 11.8 Å². The van der Waals surface area contributed by atoms with Crippen LogP contribution in [0.5, 0.6) is 11.5 Å². The number of hydrogen-bond acceptors (Lipinski definition) is 7. The van der Waals surface area contributed by atoms with Gasteiger partial charge in [-0.05, 0) is 41.9 Å². The van der Waals surface area contributed by atoms with Gasteiger partial charge < -0.3 is 19.8 Å². The van der Waals surface area contributed by atoms with Gasteiger partial charge in [0.1, 0.15) is 11.5 Å². The second-order valence-electron chi connectivity index (χ2n) is 7.10. The van der Waals surface area contributed by atoms with E-state index in [1.165, 1.54) is 17.3 Å². The summed E-state index contributed by atoms with van der Waals surface area (Å²) in [4.78, 5) is 14.7. The Labute approximate surface area is 186 Å². The van der Waals surface area contributed by atoms with E-state index in [2.05, 4.69) is 41.2 Å². The Balaban J connectivity index is 1.68. The van der Waals surface area contributed by atoms with Crippen LogP contribution in [0.15, 0.2) is 64.9 Å². The number of nitrogen functional groups attached to an aromatic ring is 1. The van der Waals surface area contributed by atoms with E-state index in [1.807, 2.05) is 28.8 Å². The van der Waals surface area contributed by atoms with E-state index in [0.717, 1.165) is 35.2 Å². The molecule has 0 fully saturated rings. The Morgan fingerprint density at radius 2 is 1.87 bits per heavy atom. The van der Waals surface area contributed by atoms with E-state index in [-0.39, 0.29) is 0 Å². The summed E-state index contributed by atoms with van der Waals surface area (Å²) < 4.78 is 12.9. The summed E-state index contributed by atoms with van der Waals surface area (Å²) >= 11 is 1.41. The third-order valence-corrected chi connectivity index (χ3v) is 6.13. The molecule has 0 amide bonds. The molecule has 2 aliphatic heterocycles. The molecule has 0 bridgehead atoms. The molecule has 0 aromatic heterocycles. The normalized spacial score (nSPS) is 12.1. The molecule has 2 aromatic carbocycles. The van der Waals surface area contributed by atoms with E-state index in [4.69, 9.17) is 20.2 Å². The van der Waals surface area contributed by atoms with E-state index in [9.17, 15) is 0 Å². The van der Waals surface area contributed by atoms with E-state index in [0.29, 0.717) is 22.6 Å². The van der Waals surface area contributed by atoms with Gasteiger partial charge in [-0.2, -0.15) is 0 Å². The van der Waals surface area contributed by atoms with Gasteiger partial charge in [0.15, 0.2) is 22.5 Å². The third-order valence-electron chi connectivity index (χ3n) is 5.22. The maximum Gasteiger partial charge on any atom is 0.195 e. The molecule has 0 aliphatic carbocycles. The molecule has 1 unspecified atom stereocenters. The second-order valence-corrected chi connectivity index (χ2v) is 8.10. The Morgan fingerprint density at radius 3 is 2.58 bits per heavy atom. The van der Waals surface area contributed by atoms with Crippen LogP contribution in [-0.4, -0.2) is 33.7 Å². The molecule has 0 saturated heterocycles. The van der Waals surface area contributed by atoms with Gasteiger partial charge >= 0.3 is 0 Å². The molecule has 2 N–H and O–H groups in total. The van der Waals surface area contributed by atoms with Crippen molar-refractivity contribution in [3.8, 4) is 23.0 Å². The standard InChI is InChI=1S/C23H25N5O2S/c1-4-15(16-8-6-5-7-9-16)13-28-14-25-21(24)20-22(28)27-23(26-20)31-19-12-17(29-2)10-11-18(19)30-3/h5-12,14-15H,4,13,24H2,1-3H3. The van der Waals surface area contributed by atoms with Gasteiger partial charge in [0.05, 0.1) is 25.4 Å². The molecule has 2 aliphatic rings. The Kier molecular flexibility index (Phi) is 6.27. The van der Waals surface area contributed by atoms with Crippen molar-refractivity contribution in [2.45, 2.75) is 35.9 Å². The number of nitrogens with zero attached hydrogens (tertiary/aromatic N) is 4.